The normalized spacial score (nSPS) is 21.2. The van der Waals surface area contributed by atoms with Gasteiger partial charge in [0.1, 0.15) is 0 Å². The smallest absolute Gasteiger partial charge is 0.407 e. The second-order valence-electron chi connectivity index (χ2n) is 5.37. The average Bonchev–Trinajstić information content (AvgIpc) is 2.47. The van der Waals surface area contributed by atoms with Crippen LogP contribution in [0, 0.1) is 0 Å². The van der Waals surface area contributed by atoms with Crippen molar-refractivity contribution in [1.29, 1.82) is 0 Å². The van der Waals surface area contributed by atoms with E-state index in [1.807, 2.05) is 12.4 Å². The maximum atomic E-state index is 10.9. The summed E-state index contributed by atoms with van der Waals surface area (Å²) in [5.41, 5.74) is 2.74. The van der Waals surface area contributed by atoms with E-state index in [-0.39, 0.29) is 0 Å². The van der Waals surface area contributed by atoms with E-state index < -0.39 is 6.09 Å². The molecule has 2 aliphatic heterocycles. The van der Waals surface area contributed by atoms with Gasteiger partial charge in [-0.25, -0.2) is 4.79 Å². The molecule has 0 bridgehead atoms. The van der Waals surface area contributed by atoms with E-state index in [9.17, 15) is 4.79 Å². The number of hydrogen-bond donors (Lipinski definition) is 1. The van der Waals surface area contributed by atoms with E-state index in [1.165, 1.54) is 16.0 Å². The summed E-state index contributed by atoms with van der Waals surface area (Å²) in [5, 5.41) is 8.97. The number of nitrogens with zero attached hydrogens (tertiary/aromatic N) is 3. The van der Waals surface area contributed by atoms with Crippen LogP contribution in [-0.2, 0) is 13.0 Å². The SMILES string of the molecule is O=C(O)N1CCC(N2CCc3ccncc3C2)CC1. The summed E-state index contributed by atoms with van der Waals surface area (Å²) in [5.74, 6) is 0. The monoisotopic (exact) mass is 261 g/mol. The number of rotatable bonds is 1. The number of likely N-dealkylation sites (tertiary alicyclic amines) is 1. The molecule has 1 N–H and O–H groups in total. The van der Waals surface area contributed by atoms with Crippen LogP contribution in [0.4, 0.5) is 4.79 Å². The van der Waals surface area contributed by atoms with Crippen LogP contribution in [0.5, 0.6) is 0 Å². The van der Waals surface area contributed by atoms with Crippen molar-refractivity contribution < 1.29 is 9.90 Å². The first-order valence-electron chi connectivity index (χ1n) is 6.88. The molecule has 102 valence electrons. The fraction of sp³-hybridized carbons (Fsp3) is 0.571. The third kappa shape index (κ3) is 2.56. The van der Waals surface area contributed by atoms with Crippen LogP contribution in [0.3, 0.4) is 0 Å². The average molecular weight is 261 g/mol. The van der Waals surface area contributed by atoms with Crippen molar-refractivity contribution in [3.05, 3.63) is 29.6 Å². The molecule has 0 saturated carbocycles. The summed E-state index contributed by atoms with van der Waals surface area (Å²) in [6, 6.07) is 2.63. The van der Waals surface area contributed by atoms with Gasteiger partial charge < -0.3 is 10.0 Å². The molecule has 19 heavy (non-hydrogen) atoms. The maximum Gasteiger partial charge on any atom is 0.407 e. The number of carbonyl (C=O) groups is 1. The van der Waals surface area contributed by atoms with Crippen LogP contribution >= 0.6 is 0 Å². The van der Waals surface area contributed by atoms with Crippen LogP contribution in [-0.4, -0.2) is 51.7 Å². The van der Waals surface area contributed by atoms with E-state index in [1.54, 1.807) is 0 Å². The minimum absolute atomic E-state index is 0.518. The predicted octanol–water partition coefficient (Wildman–Crippen LogP) is 1.58. The number of fused-ring (bicyclic) bond motifs is 1. The Bertz CT molecular complexity index is 470. The van der Waals surface area contributed by atoms with Crippen molar-refractivity contribution in [2.24, 2.45) is 0 Å². The Labute approximate surface area is 112 Å². The predicted molar refractivity (Wildman–Crippen MR) is 71.0 cm³/mol. The summed E-state index contributed by atoms with van der Waals surface area (Å²) in [6.07, 6.45) is 6.01. The second kappa shape index (κ2) is 5.17. The minimum Gasteiger partial charge on any atom is -0.465 e. The lowest BCUT2D eigenvalue weighted by molar-refractivity contribution is 0.0884. The summed E-state index contributed by atoms with van der Waals surface area (Å²) in [4.78, 5) is 19.1. The number of pyridine rings is 1. The number of hydrogen-bond acceptors (Lipinski definition) is 3. The zero-order chi connectivity index (χ0) is 13.2. The topological polar surface area (TPSA) is 56.7 Å². The Hall–Kier alpha value is -1.62. The third-order valence-corrected chi connectivity index (χ3v) is 4.30. The molecule has 0 spiro atoms. The molecule has 1 amide bonds. The molecular weight excluding hydrogens is 242 g/mol. The molecule has 3 rings (SSSR count). The van der Waals surface area contributed by atoms with Crippen molar-refractivity contribution in [3.8, 4) is 0 Å². The van der Waals surface area contributed by atoms with Gasteiger partial charge in [0.25, 0.3) is 0 Å². The first kappa shape index (κ1) is 12.4. The Kier molecular flexibility index (Phi) is 3.38. The molecule has 1 aromatic heterocycles. The van der Waals surface area contributed by atoms with Crippen LogP contribution in [0.15, 0.2) is 18.5 Å². The number of amides is 1. The van der Waals surface area contributed by atoms with Gasteiger partial charge in [0.15, 0.2) is 0 Å². The zero-order valence-electron chi connectivity index (χ0n) is 11.0. The van der Waals surface area contributed by atoms with Crippen LogP contribution in [0.1, 0.15) is 24.0 Å². The van der Waals surface area contributed by atoms with Gasteiger partial charge in [-0.3, -0.25) is 9.88 Å². The van der Waals surface area contributed by atoms with Gasteiger partial charge in [-0.15, -0.1) is 0 Å². The van der Waals surface area contributed by atoms with Crippen molar-refractivity contribution in [2.75, 3.05) is 19.6 Å². The van der Waals surface area contributed by atoms with Crippen LogP contribution in [0.2, 0.25) is 0 Å². The van der Waals surface area contributed by atoms with Gasteiger partial charge in [0.2, 0.25) is 0 Å². The Morgan fingerprint density at radius 2 is 2.05 bits per heavy atom. The molecule has 1 saturated heterocycles. The Balaban J connectivity index is 1.62. The van der Waals surface area contributed by atoms with Crippen molar-refractivity contribution in [1.82, 2.24) is 14.8 Å². The Morgan fingerprint density at radius 3 is 2.79 bits per heavy atom. The lowest BCUT2D eigenvalue weighted by Gasteiger charge is -2.39. The molecule has 5 nitrogen and oxygen atoms in total. The summed E-state index contributed by atoms with van der Waals surface area (Å²) < 4.78 is 0. The third-order valence-electron chi connectivity index (χ3n) is 4.30. The summed E-state index contributed by atoms with van der Waals surface area (Å²) in [7, 11) is 0. The van der Waals surface area contributed by atoms with E-state index >= 15 is 0 Å². The molecule has 0 unspecified atom stereocenters. The van der Waals surface area contributed by atoms with Gasteiger partial charge >= 0.3 is 6.09 Å². The highest BCUT2D eigenvalue weighted by molar-refractivity contribution is 5.65. The molecule has 0 atom stereocenters. The highest BCUT2D eigenvalue weighted by atomic mass is 16.4. The molecule has 3 heterocycles. The quantitative estimate of drug-likeness (QED) is 0.834. The van der Waals surface area contributed by atoms with E-state index in [0.29, 0.717) is 19.1 Å². The molecule has 5 heteroatoms. The molecule has 1 fully saturated rings. The van der Waals surface area contributed by atoms with Gasteiger partial charge in [0, 0.05) is 44.6 Å². The van der Waals surface area contributed by atoms with Gasteiger partial charge in [-0.2, -0.15) is 0 Å². The summed E-state index contributed by atoms with van der Waals surface area (Å²) >= 11 is 0. The van der Waals surface area contributed by atoms with Crippen molar-refractivity contribution in [3.63, 3.8) is 0 Å². The van der Waals surface area contributed by atoms with Gasteiger partial charge in [0.05, 0.1) is 0 Å². The molecule has 1 aromatic rings. The standard InChI is InChI=1S/C14H19N3O2/c18-14(19)16-7-3-13(4-8-16)17-6-2-11-1-5-15-9-12(11)10-17/h1,5,9,13H,2-4,6-8,10H2,(H,18,19). The molecule has 0 aliphatic carbocycles. The minimum atomic E-state index is -0.786. The fourth-order valence-electron chi connectivity index (χ4n) is 3.14. The second-order valence-corrected chi connectivity index (χ2v) is 5.37. The first-order chi connectivity index (χ1) is 9.24. The number of carboxylic acid groups (broad SMARTS) is 1. The molecule has 2 aliphatic rings. The lowest BCUT2D eigenvalue weighted by Crippen LogP contribution is -2.47. The first-order valence-corrected chi connectivity index (χ1v) is 6.88. The maximum absolute atomic E-state index is 10.9. The van der Waals surface area contributed by atoms with Crippen molar-refractivity contribution >= 4 is 6.09 Å². The van der Waals surface area contributed by atoms with E-state index in [2.05, 4.69) is 16.0 Å². The van der Waals surface area contributed by atoms with Crippen molar-refractivity contribution in [2.45, 2.75) is 31.8 Å². The highest BCUT2D eigenvalue weighted by Crippen LogP contribution is 2.24. The molecule has 0 aromatic carbocycles. The fourth-order valence-corrected chi connectivity index (χ4v) is 3.14. The largest absolute Gasteiger partial charge is 0.465 e. The number of aromatic nitrogens is 1. The Morgan fingerprint density at radius 1 is 1.26 bits per heavy atom. The highest BCUT2D eigenvalue weighted by Gasteiger charge is 2.28. The number of piperidine rings is 1. The molecule has 0 radical (unpaired) electrons. The van der Waals surface area contributed by atoms with Crippen LogP contribution < -0.4 is 0 Å². The molecular formula is C14H19N3O2. The zero-order valence-corrected chi connectivity index (χ0v) is 11.0. The lowest BCUT2D eigenvalue weighted by atomic mass is 9.97. The van der Waals surface area contributed by atoms with Crippen LogP contribution in [0.25, 0.3) is 0 Å². The van der Waals surface area contributed by atoms with Gasteiger partial charge in [-0.1, -0.05) is 0 Å². The van der Waals surface area contributed by atoms with E-state index in [4.69, 9.17) is 5.11 Å². The summed E-state index contributed by atoms with van der Waals surface area (Å²) in [6.45, 7) is 3.36. The van der Waals surface area contributed by atoms with Gasteiger partial charge in [-0.05, 0) is 36.5 Å². The van der Waals surface area contributed by atoms with E-state index in [0.717, 1.165) is 32.4 Å².